The zero-order valence-corrected chi connectivity index (χ0v) is 12.9. The molecule has 0 aromatic rings. The van der Waals surface area contributed by atoms with Crippen LogP contribution in [0.1, 0.15) is 40.0 Å². The zero-order chi connectivity index (χ0) is 13.4. The van der Waals surface area contributed by atoms with Gasteiger partial charge in [0.2, 0.25) is 0 Å². The van der Waals surface area contributed by atoms with E-state index in [1.165, 1.54) is 52.0 Å². The molecule has 0 aromatic carbocycles. The topological polar surface area (TPSA) is 18.5 Å². The molecule has 3 unspecified atom stereocenters. The largest absolute Gasteiger partial charge is 0.311 e. The lowest BCUT2D eigenvalue weighted by molar-refractivity contribution is -0.0277. The van der Waals surface area contributed by atoms with Crippen molar-refractivity contribution in [2.24, 2.45) is 11.8 Å². The van der Waals surface area contributed by atoms with Gasteiger partial charge in [0, 0.05) is 37.8 Å². The van der Waals surface area contributed by atoms with Gasteiger partial charge in [-0.3, -0.25) is 4.90 Å². The van der Waals surface area contributed by atoms with Crippen LogP contribution in [0.15, 0.2) is 0 Å². The second-order valence-electron chi connectivity index (χ2n) is 7.49. The van der Waals surface area contributed by atoms with E-state index in [-0.39, 0.29) is 0 Å². The van der Waals surface area contributed by atoms with Crippen LogP contribution in [-0.2, 0) is 0 Å². The summed E-state index contributed by atoms with van der Waals surface area (Å²) in [6, 6.07) is 2.27. The van der Waals surface area contributed by atoms with E-state index in [0.29, 0.717) is 12.1 Å². The highest BCUT2D eigenvalue weighted by Crippen LogP contribution is 2.32. The minimum Gasteiger partial charge on any atom is -0.311 e. The maximum atomic E-state index is 3.76. The minimum absolute atomic E-state index is 0.714. The lowest BCUT2D eigenvalue weighted by atomic mass is 9.82. The molecule has 4 aliphatic rings. The molecule has 0 amide bonds. The van der Waals surface area contributed by atoms with Gasteiger partial charge in [0.25, 0.3) is 0 Å². The van der Waals surface area contributed by atoms with Gasteiger partial charge >= 0.3 is 0 Å². The molecule has 4 heterocycles. The Balaban J connectivity index is 1.64. The Hall–Kier alpha value is -0.120. The van der Waals surface area contributed by atoms with Gasteiger partial charge in [-0.25, -0.2) is 0 Å². The lowest BCUT2D eigenvalue weighted by Gasteiger charge is -2.53. The fraction of sp³-hybridized carbons (Fsp3) is 1.00. The number of hydrogen-bond donors (Lipinski definition) is 1. The van der Waals surface area contributed by atoms with Crippen LogP contribution in [0.4, 0.5) is 0 Å². The van der Waals surface area contributed by atoms with E-state index in [0.717, 1.165) is 17.9 Å². The van der Waals surface area contributed by atoms with Crippen molar-refractivity contribution in [3.8, 4) is 0 Å². The minimum atomic E-state index is 0.714. The first kappa shape index (κ1) is 13.8. The maximum absolute atomic E-state index is 3.76. The van der Waals surface area contributed by atoms with Crippen LogP contribution in [0.5, 0.6) is 0 Å². The van der Waals surface area contributed by atoms with Gasteiger partial charge in [0.05, 0.1) is 0 Å². The average molecular weight is 265 g/mol. The van der Waals surface area contributed by atoms with Gasteiger partial charge in [-0.15, -0.1) is 0 Å². The van der Waals surface area contributed by atoms with Gasteiger partial charge < -0.3 is 10.2 Å². The predicted molar refractivity (Wildman–Crippen MR) is 80.4 cm³/mol. The van der Waals surface area contributed by atoms with Crippen molar-refractivity contribution in [1.82, 2.24) is 15.1 Å². The Bertz CT molecular complexity index is 296. The van der Waals surface area contributed by atoms with E-state index in [2.05, 4.69) is 35.9 Å². The molecule has 1 N–H and O–H groups in total. The standard InChI is InChI=1S/C16H31N3/c1-12(2)8-15-10-19(13(3)9-17-15)16-11-18-6-4-14(16)5-7-18/h12-17H,4-11H2,1-3H3. The number of piperidine rings is 3. The van der Waals surface area contributed by atoms with Gasteiger partial charge in [-0.2, -0.15) is 0 Å². The molecular weight excluding hydrogens is 234 g/mol. The van der Waals surface area contributed by atoms with Crippen molar-refractivity contribution < 1.29 is 0 Å². The summed E-state index contributed by atoms with van der Waals surface area (Å²) in [5.74, 6) is 1.78. The number of nitrogens with zero attached hydrogens (tertiary/aromatic N) is 2. The summed E-state index contributed by atoms with van der Waals surface area (Å²) in [4.78, 5) is 5.54. The van der Waals surface area contributed by atoms with Crippen LogP contribution in [0.25, 0.3) is 0 Å². The van der Waals surface area contributed by atoms with E-state index >= 15 is 0 Å². The molecule has 4 fully saturated rings. The van der Waals surface area contributed by atoms with Gasteiger partial charge in [0.1, 0.15) is 0 Å². The SMILES string of the molecule is CC(C)CC1CN(C2CN3CCC2CC3)C(C)CN1. The molecule has 3 atom stereocenters. The number of piperazine rings is 1. The smallest absolute Gasteiger partial charge is 0.0256 e. The fourth-order valence-electron chi connectivity index (χ4n) is 4.45. The molecule has 0 aromatic heterocycles. The third-order valence-electron chi connectivity index (χ3n) is 5.50. The highest BCUT2D eigenvalue weighted by atomic mass is 15.3. The molecule has 3 nitrogen and oxygen atoms in total. The molecule has 19 heavy (non-hydrogen) atoms. The molecule has 110 valence electrons. The van der Waals surface area contributed by atoms with Crippen molar-refractivity contribution in [2.45, 2.75) is 58.2 Å². The quantitative estimate of drug-likeness (QED) is 0.839. The molecule has 2 bridgehead atoms. The number of rotatable bonds is 3. The van der Waals surface area contributed by atoms with Crippen LogP contribution < -0.4 is 5.32 Å². The summed E-state index contributed by atoms with van der Waals surface area (Å²) in [5.41, 5.74) is 0. The average Bonchev–Trinajstić information content (AvgIpc) is 2.41. The number of nitrogens with one attached hydrogen (secondary N) is 1. The van der Waals surface area contributed by atoms with Crippen LogP contribution in [0.3, 0.4) is 0 Å². The Morgan fingerprint density at radius 1 is 1.16 bits per heavy atom. The second kappa shape index (κ2) is 5.71. The first-order valence-corrected chi connectivity index (χ1v) is 8.35. The molecule has 4 saturated heterocycles. The summed E-state index contributed by atoms with van der Waals surface area (Å²) in [7, 11) is 0. The summed E-state index contributed by atoms with van der Waals surface area (Å²) in [6.07, 6.45) is 4.21. The molecule has 4 aliphatic heterocycles. The normalized spacial score (nSPS) is 43.9. The second-order valence-corrected chi connectivity index (χ2v) is 7.49. The van der Waals surface area contributed by atoms with E-state index < -0.39 is 0 Å². The molecule has 0 aliphatic carbocycles. The molecule has 4 rings (SSSR count). The van der Waals surface area contributed by atoms with Gasteiger partial charge in [-0.1, -0.05) is 13.8 Å². The van der Waals surface area contributed by atoms with E-state index in [1.807, 2.05) is 0 Å². The molecule has 3 heteroatoms. The zero-order valence-electron chi connectivity index (χ0n) is 12.9. The number of fused-ring (bicyclic) bond motifs is 3. The van der Waals surface area contributed by atoms with Gasteiger partial charge in [-0.05, 0) is 51.1 Å². The maximum Gasteiger partial charge on any atom is 0.0256 e. The summed E-state index contributed by atoms with van der Waals surface area (Å²) in [5, 5.41) is 3.76. The summed E-state index contributed by atoms with van der Waals surface area (Å²) < 4.78 is 0. The monoisotopic (exact) mass is 265 g/mol. The first-order chi connectivity index (χ1) is 9.13. The summed E-state index contributed by atoms with van der Waals surface area (Å²) >= 11 is 0. The third-order valence-corrected chi connectivity index (χ3v) is 5.50. The van der Waals surface area contributed by atoms with Crippen LogP contribution in [-0.4, -0.2) is 60.6 Å². The lowest BCUT2D eigenvalue weighted by Crippen LogP contribution is -2.65. The van der Waals surface area contributed by atoms with Crippen LogP contribution in [0.2, 0.25) is 0 Å². The van der Waals surface area contributed by atoms with Gasteiger partial charge in [0.15, 0.2) is 0 Å². The predicted octanol–water partition coefficient (Wildman–Crippen LogP) is 1.79. The molecule has 0 saturated carbocycles. The fourth-order valence-corrected chi connectivity index (χ4v) is 4.45. The van der Waals surface area contributed by atoms with Crippen molar-refractivity contribution in [3.63, 3.8) is 0 Å². The highest BCUT2D eigenvalue weighted by molar-refractivity contribution is 4.97. The van der Waals surface area contributed by atoms with E-state index in [4.69, 9.17) is 0 Å². The Labute approximate surface area is 118 Å². The molecule has 0 spiro atoms. The highest BCUT2D eigenvalue weighted by Gasteiger charge is 2.40. The van der Waals surface area contributed by atoms with Crippen molar-refractivity contribution in [2.75, 3.05) is 32.7 Å². The van der Waals surface area contributed by atoms with Crippen molar-refractivity contribution in [3.05, 3.63) is 0 Å². The van der Waals surface area contributed by atoms with Crippen molar-refractivity contribution in [1.29, 1.82) is 0 Å². The molecule has 0 radical (unpaired) electrons. The first-order valence-electron chi connectivity index (χ1n) is 8.35. The Kier molecular flexibility index (Phi) is 4.16. The third kappa shape index (κ3) is 2.98. The van der Waals surface area contributed by atoms with Crippen molar-refractivity contribution >= 4 is 0 Å². The Morgan fingerprint density at radius 3 is 2.47 bits per heavy atom. The van der Waals surface area contributed by atoms with E-state index in [1.54, 1.807) is 0 Å². The Morgan fingerprint density at radius 2 is 1.89 bits per heavy atom. The molecular formula is C16H31N3. The van der Waals surface area contributed by atoms with Crippen LogP contribution >= 0.6 is 0 Å². The van der Waals surface area contributed by atoms with Crippen LogP contribution in [0, 0.1) is 11.8 Å². The summed E-state index contributed by atoms with van der Waals surface area (Å²) in [6.45, 7) is 13.6. The number of hydrogen-bond acceptors (Lipinski definition) is 3. The van der Waals surface area contributed by atoms with E-state index in [9.17, 15) is 0 Å².